The van der Waals surface area contributed by atoms with E-state index in [9.17, 15) is 8.76 Å². The van der Waals surface area contributed by atoms with Gasteiger partial charge < -0.3 is 10.3 Å². The molecule has 0 aromatic rings. The normalized spacial score (nSPS) is 23.2. The van der Waals surface area contributed by atoms with Crippen molar-refractivity contribution in [2.24, 2.45) is 11.1 Å². The molecule has 13 heavy (non-hydrogen) atoms. The Hall–Kier alpha value is 0.0300. The number of nitrogens with two attached hydrogens (primary N) is 1. The highest BCUT2D eigenvalue weighted by atomic mass is 32.2. The maximum absolute atomic E-state index is 10.2. The number of nitrogens with one attached hydrogen (secondary N) is 1. The highest BCUT2D eigenvalue weighted by Gasteiger charge is 2.31. The summed E-state index contributed by atoms with van der Waals surface area (Å²) in [6.07, 6.45) is 5.64. The van der Waals surface area contributed by atoms with Gasteiger partial charge in [-0.15, -0.1) is 0 Å². The van der Waals surface area contributed by atoms with Crippen molar-refractivity contribution in [2.75, 3.05) is 13.1 Å². The standard InChI is InChI=1S/C8H18N2O2S/c9-7-8(3-1-2-4-8)5-6-10-13(11)12/h10H,1-7,9H2,(H,11,12)/p-1. The van der Waals surface area contributed by atoms with E-state index in [4.69, 9.17) is 5.73 Å². The molecule has 0 saturated heterocycles. The van der Waals surface area contributed by atoms with Crippen molar-refractivity contribution in [3.63, 3.8) is 0 Å². The smallest absolute Gasteiger partial charge is 0.0181 e. The summed E-state index contributed by atoms with van der Waals surface area (Å²) in [6.45, 7) is 1.20. The van der Waals surface area contributed by atoms with Crippen LogP contribution in [-0.2, 0) is 11.3 Å². The van der Waals surface area contributed by atoms with Gasteiger partial charge in [0.1, 0.15) is 0 Å². The Morgan fingerprint density at radius 2 is 2.08 bits per heavy atom. The first-order valence-electron chi connectivity index (χ1n) is 4.71. The molecule has 1 unspecified atom stereocenters. The van der Waals surface area contributed by atoms with Gasteiger partial charge in [-0.1, -0.05) is 12.8 Å². The summed E-state index contributed by atoms with van der Waals surface area (Å²) in [5.41, 5.74) is 5.92. The summed E-state index contributed by atoms with van der Waals surface area (Å²) in [5.74, 6) is 0. The van der Waals surface area contributed by atoms with Crippen LogP contribution in [-0.4, -0.2) is 21.9 Å². The lowest BCUT2D eigenvalue weighted by Crippen LogP contribution is -2.32. The maximum Gasteiger partial charge on any atom is 0.0181 e. The van der Waals surface area contributed by atoms with Gasteiger partial charge in [0, 0.05) is 17.8 Å². The molecule has 1 rings (SSSR count). The zero-order valence-electron chi connectivity index (χ0n) is 7.75. The van der Waals surface area contributed by atoms with Gasteiger partial charge in [0.2, 0.25) is 0 Å². The maximum atomic E-state index is 10.2. The van der Waals surface area contributed by atoms with Crippen LogP contribution in [0.1, 0.15) is 32.1 Å². The topological polar surface area (TPSA) is 78.2 Å². The molecule has 3 N–H and O–H groups in total. The van der Waals surface area contributed by atoms with Gasteiger partial charge in [0.15, 0.2) is 0 Å². The van der Waals surface area contributed by atoms with Crippen LogP contribution in [0, 0.1) is 5.41 Å². The molecule has 0 heterocycles. The minimum atomic E-state index is -2.13. The molecule has 5 heteroatoms. The van der Waals surface area contributed by atoms with Crippen molar-refractivity contribution in [3.05, 3.63) is 0 Å². The summed E-state index contributed by atoms with van der Waals surface area (Å²) < 4.78 is 22.8. The number of rotatable bonds is 5. The van der Waals surface area contributed by atoms with Crippen LogP contribution in [0.5, 0.6) is 0 Å². The van der Waals surface area contributed by atoms with Crippen LogP contribution >= 0.6 is 0 Å². The van der Waals surface area contributed by atoms with Crippen molar-refractivity contribution < 1.29 is 8.76 Å². The molecular weight excluding hydrogens is 188 g/mol. The van der Waals surface area contributed by atoms with E-state index in [-0.39, 0.29) is 5.41 Å². The molecule has 0 amide bonds. The van der Waals surface area contributed by atoms with E-state index < -0.39 is 11.3 Å². The van der Waals surface area contributed by atoms with Crippen molar-refractivity contribution in [2.45, 2.75) is 32.1 Å². The molecule has 4 nitrogen and oxygen atoms in total. The highest BCUT2D eigenvalue weighted by molar-refractivity contribution is 7.77. The monoisotopic (exact) mass is 205 g/mol. The molecule has 0 bridgehead atoms. The second-order valence-electron chi connectivity index (χ2n) is 3.79. The fourth-order valence-electron chi connectivity index (χ4n) is 2.08. The third-order valence-corrected chi connectivity index (χ3v) is 3.41. The molecule has 1 aliphatic carbocycles. The Morgan fingerprint density at radius 1 is 1.46 bits per heavy atom. The zero-order valence-corrected chi connectivity index (χ0v) is 8.57. The minimum absolute atomic E-state index is 0.215. The van der Waals surface area contributed by atoms with E-state index in [0.29, 0.717) is 13.1 Å². The molecule has 0 aromatic heterocycles. The summed E-state index contributed by atoms with van der Waals surface area (Å²) in [7, 11) is 0. The molecule has 1 fully saturated rings. The largest absolute Gasteiger partial charge is 0.760 e. The van der Waals surface area contributed by atoms with Gasteiger partial charge in [-0.3, -0.25) is 4.21 Å². The van der Waals surface area contributed by atoms with Gasteiger partial charge in [-0.2, -0.15) is 0 Å². The van der Waals surface area contributed by atoms with Gasteiger partial charge in [0.05, 0.1) is 0 Å². The van der Waals surface area contributed by atoms with Gasteiger partial charge >= 0.3 is 0 Å². The van der Waals surface area contributed by atoms with Gasteiger partial charge in [0.25, 0.3) is 0 Å². The van der Waals surface area contributed by atoms with Gasteiger partial charge in [-0.05, 0) is 31.2 Å². The molecule has 0 aliphatic heterocycles. The van der Waals surface area contributed by atoms with Crippen LogP contribution in [0.15, 0.2) is 0 Å². The fraction of sp³-hybridized carbons (Fsp3) is 1.00. The van der Waals surface area contributed by atoms with Crippen LogP contribution < -0.4 is 10.5 Å². The average Bonchev–Trinajstić information content (AvgIpc) is 2.53. The fourth-order valence-corrected chi connectivity index (χ4v) is 2.35. The third kappa shape index (κ3) is 3.34. The molecule has 1 aliphatic rings. The zero-order chi connectivity index (χ0) is 9.73. The van der Waals surface area contributed by atoms with Crippen molar-refractivity contribution in [1.82, 2.24) is 4.72 Å². The number of hydrogen-bond acceptors (Lipinski definition) is 3. The first-order valence-corrected chi connectivity index (χ1v) is 5.79. The van der Waals surface area contributed by atoms with E-state index in [1.165, 1.54) is 12.8 Å². The Bertz CT molecular complexity index is 181. The second-order valence-corrected chi connectivity index (χ2v) is 4.55. The summed E-state index contributed by atoms with van der Waals surface area (Å²) >= 11 is -2.13. The summed E-state index contributed by atoms with van der Waals surface area (Å²) in [6, 6.07) is 0. The third-order valence-electron chi connectivity index (χ3n) is 2.97. The Labute approximate surface area is 81.7 Å². The lowest BCUT2D eigenvalue weighted by atomic mass is 9.83. The van der Waals surface area contributed by atoms with Crippen molar-refractivity contribution in [1.29, 1.82) is 0 Å². The summed E-state index contributed by atoms with van der Waals surface area (Å²) in [5, 5.41) is 0. The number of hydrogen-bond donors (Lipinski definition) is 2. The SMILES string of the molecule is NCC1(CCNS(=O)[O-])CCCC1. The lowest BCUT2D eigenvalue weighted by Gasteiger charge is -2.27. The van der Waals surface area contributed by atoms with Crippen LogP contribution in [0.3, 0.4) is 0 Å². The molecular formula is C8H17N2O2S-. The van der Waals surface area contributed by atoms with E-state index in [0.717, 1.165) is 19.3 Å². The Morgan fingerprint density at radius 3 is 2.54 bits per heavy atom. The van der Waals surface area contributed by atoms with E-state index in [1.807, 2.05) is 0 Å². The second kappa shape index (κ2) is 5.05. The molecule has 0 aromatic carbocycles. The molecule has 0 radical (unpaired) electrons. The molecule has 0 spiro atoms. The first kappa shape index (κ1) is 11.1. The molecule has 1 saturated carbocycles. The van der Waals surface area contributed by atoms with Crippen LogP contribution in [0.4, 0.5) is 0 Å². The summed E-state index contributed by atoms with van der Waals surface area (Å²) in [4.78, 5) is 0. The Balaban J connectivity index is 2.27. The quantitative estimate of drug-likeness (QED) is 0.633. The van der Waals surface area contributed by atoms with Crippen molar-refractivity contribution >= 4 is 11.3 Å². The minimum Gasteiger partial charge on any atom is -0.760 e. The highest BCUT2D eigenvalue weighted by Crippen LogP contribution is 2.39. The Kier molecular flexibility index (Phi) is 4.31. The van der Waals surface area contributed by atoms with E-state index in [2.05, 4.69) is 4.72 Å². The average molecular weight is 205 g/mol. The van der Waals surface area contributed by atoms with Gasteiger partial charge in [-0.25, -0.2) is 4.72 Å². The lowest BCUT2D eigenvalue weighted by molar-refractivity contribution is 0.284. The molecule has 1 atom stereocenters. The van der Waals surface area contributed by atoms with Crippen molar-refractivity contribution in [3.8, 4) is 0 Å². The predicted octanol–water partition coefficient (Wildman–Crippen LogP) is 0.279. The van der Waals surface area contributed by atoms with Crippen LogP contribution in [0.2, 0.25) is 0 Å². The van der Waals surface area contributed by atoms with E-state index in [1.54, 1.807) is 0 Å². The first-order chi connectivity index (χ1) is 6.18. The van der Waals surface area contributed by atoms with Crippen LogP contribution in [0.25, 0.3) is 0 Å². The molecule has 78 valence electrons. The predicted molar refractivity (Wildman–Crippen MR) is 51.5 cm³/mol. The van der Waals surface area contributed by atoms with E-state index >= 15 is 0 Å².